The van der Waals surface area contributed by atoms with Crippen LogP contribution in [0.4, 0.5) is 0 Å². The summed E-state index contributed by atoms with van der Waals surface area (Å²) in [5.74, 6) is 1.78. The number of furan rings is 1. The molecule has 2 heterocycles. The predicted molar refractivity (Wildman–Crippen MR) is 217 cm³/mol. The van der Waals surface area contributed by atoms with Gasteiger partial charge in [-0.25, -0.2) is 15.0 Å². The van der Waals surface area contributed by atoms with Crippen molar-refractivity contribution in [2.24, 2.45) is 0 Å². The van der Waals surface area contributed by atoms with Gasteiger partial charge in [0, 0.05) is 21.9 Å². The van der Waals surface area contributed by atoms with E-state index in [1.807, 2.05) is 60.7 Å². The van der Waals surface area contributed by atoms with Gasteiger partial charge in [-0.2, -0.15) is 0 Å². The second kappa shape index (κ2) is 12.9. The Morgan fingerprint density at radius 2 is 0.792 bits per heavy atom. The first-order valence-corrected chi connectivity index (χ1v) is 17.8. The first-order chi connectivity index (χ1) is 26.3. The van der Waals surface area contributed by atoms with Gasteiger partial charge in [-0.3, -0.25) is 0 Å². The average molecular weight is 678 g/mol. The van der Waals surface area contributed by atoms with E-state index in [9.17, 15) is 0 Å². The van der Waals surface area contributed by atoms with Crippen LogP contribution in [0, 0.1) is 0 Å². The maximum absolute atomic E-state index is 6.44. The average Bonchev–Trinajstić information content (AvgIpc) is 3.63. The molecule has 0 fully saturated rings. The zero-order valence-electron chi connectivity index (χ0n) is 28.6. The van der Waals surface area contributed by atoms with Gasteiger partial charge in [0.05, 0.1) is 5.56 Å². The molecular formula is C49H31N3O. The molecule has 0 bridgehead atoms. The normalized spacial score (nSPS) is 11.4. The van der Waals surface area contributed by atoms with Crippen molar-refractivity contribution < 1.29 is 4.42 Å². The van der Waals surface area contributed by atoms with E-state index in [4.69, 9.17) is 19.4 Å². The lowest BCUT2D eigenvalue weighted by Crippen LogP contribution is -2.01. The standard InChI is InChI=1S/C49H31N3O/c1-3-15-32(16-4-1)34-19-13-20-35(31-34)36-21-7-8-22-37(36)40-29-30-43(39-24-10-9-23-38(39)40)48-50-47(33-17-5-2-6-18-33)51-49(52-48)44-27-14-26-42-41-25-11-12-28-45(41)53-46(42)44/h1-31H. The van der Waals surface area contributed by atoms with Crippen LogP contribution in [0.15, 0.2) is 192 Å². The second-order valence-corrected chi connectivity index (χ2v) is 13.2. The first-order valence-electron chi connectivity index (χ1n) is 17.8. The van der Waals surface area contributed by atoms with Crippen LogP contribution in [-0.2, 0) is 0 Å². The second-order valence-electron chi connectivity index (χ2n) is 13.2. The molecule has 0 unspecified atom stereocenters. The third kappa shape index (κ3) is 5.45. The zero-order valence-corrected chi connectivity index (χ0v) is 28.6. The third-order valence-electron chi connectivity index (χ3n) is 9.98. The van der Waals surface area contributed by atoms with E-state index in [0.717, 1.165) is 55.0 Å². The van der Waals surface area contributed by atoms with Crippen molar-refractivity contribution in [3.05, 3.63) is 188 Å². The number of hydrogen-bond donors (Lipinski definition) is 0. The number of hydrogen-bond acceptors (Lipinski definition) is 4. The molecule has 0 aliphatic carbocycles. The van der Waals surface area contributed by atoms with Gasteiger partial charge in [0.15, 0.2) is 17.5 Å². The molecule has 0 spiro atoms. The molecule has 4 heteroatoms. The van der Waals surface area contributed by atoms with E-state index in [2.05, 4.69) is 127 Å². The molecule has 0 amide bonds. The van der Waals surface area contributed by atoms with Crippen LogP contribution in [0.5, 0.6) is 0 Å². The van der Waals surface area contributed by atoms with E-state index < -0.39 is 0 Å². The van der Waals surface area contributed by atoms with Crippen LogP contribution in [0.1, 0.15) is 0 Å². The maximum Gasteiger partial charge on any atom is 0.167 e. The first kappa shape index (κ1) is 30.6. The van der Waals surface area contributed by atoms with Crippen LogP contribution in [0.25, 0.3) is 100 Å². The Morgan fingerprint density at radius 3 is 1.58 bits per heavy atom. The molecule has 0 N–H and O–H groups in total. The molecule has 8 aromatic carbocycles. The monoisotopic (exact) mass is 677 g/mol. The fourth-order valence-corrected chi connectivity index (χ4v) is 7.45. The number of para-hydroxylation sites is 2. The number of benzene rings is 8. The lowest BCUT2D eigenvalue weighted by atomic mass is 9.89. The summed E-state index contributed by atoms with van der Waals surface area (Å²) in [5.41, 5.74) is 11.3. The smallest absolute Gasteiger partial charge is 0.167 e. The quantitative estimate of drug-likeness (QED) is 0.176. The van der Waals surface area contributed by atoms with Crippen LogP contribution in [0.3, 0.4) is 0 Å². The summed E-state index contributed by atoms with van der Waals surface area (Å²) in [6.45, 7) is 0. The molecular weight excluding hydrogens is 647 g/mol. The van der Waals surface area contributed by atoms with Crippen molar-refractivity contribution in [2.45, 2.75) is 0 Å². The summed E-state index contributed by atoms with van der Waals surface area (Å²) in [5, 5.41) is 4.29. The summed E-state index contributed by atoms with van der Waals surface area (Å²) in [6, 6.07) is 65.3. The van der Waals surface area contributed by atoms with Crippen LogP contribution >= 0.6 is 0 Å². The van der Waals surface area contributed by atoms with Gasteiger partial charge in [-0.1, -0.05) is 164 Å². The van der Waals surface area contributed by atoms with Gasteiger partial charge in [-0.05, 0) is 68.4 Å². The number of fused-ring (bicyclic) bond motifs is 4. The molecule has 0 radical (unpaired) electrons. The highest BCUT2D eigenvalue weighted by atomic mass is 16.3. The molecule has 248 valence electrons. The third-order valence-corrected chi connectivity index (χ3v) is 9.98. The highest BCUT2D eigenvalue weighted by molar-refractivity contribution is 6.09. The molecule has 0 saturated heterocycles. The minimum Gasteiger partial charge on any atom is -0.455 e. The van der Waals surface area contributed by atoms with Gasteiger partial charge in [0.1, 0.15) is 11.2 Å². The lowest BCUT2D eigenvalue weighted by Gasteiger charge is -2.16. The minimum absolute atomic E-state index is 0.565. The Kier molecular flexibility index (Phi) is 7.43. The van der Waals surface area contributed by atoms with Gasteiger partial charge >= 0.3 is 0 Å². The Hall–Kier alpha value is -7.17. The Labute approximate surface area is 306 Å². The molecule has 2 aromatic heterocycles. The van der Waals surface area contributed by atoms with Crippen LogP contribution < -0.4 is 0 Å². The Morgan fingerprint density at radius 1 is 0.283 bits per heavy atom. The topological polar surface area (TPSA) is 51.8 Å². The summed E-state index contributed by atoms with van der Waals surface area (Å²) in [6.07, 6.45) is 0. The molecule has 53 heavy (non-hydrogen) atoms. The summed E-state index contributed by atoms with van der Waals surface area (Å²) < 4.78 is 6.44. The van der Waals surface area contributed by atoms with E-state index in [0.29, 0.717) is 17.5 Å². The number of aromatic nitrogens is 3. The number of nitrogens with zero attached hydrogens (tertiary/aromatic N) is 3. The maximum atomic E-state index is 6.44. The summed E-state index contributed by atoms with van der Waals surface area (Å²) in [7, 11) is 0. The SMILES string of the molecule is c1ccc(-c2cccc(-c3ccccc3-c3ccc(-c4nc(-c5ccccc5)nc(-c5cccc6c5oc5ccccc56)n4)c4ccccc34)c2)cc1. The highest BCUT2D eigenvalue weighted by Crippen LogP contribution is 2.41. The van der Waals surface area contributed by atoms with Crippen molar-refractivity contribution >= 4 is 32.7 Å². The van der Waals surface area contributed by atoms with Crippen molar-refractivity contribution in [2.75, 3.05) is 0 Å². The Bertz CT molecular complexity index is 2950. The zero-order chi connectivity index (χ0) is 35.1. The predicted octanol–water partition coefficient (Wildman–Crippen LogP) is 12.9. The molecule has 10 aromatic rings. The Balaban J connectivity index is 1.16. The highest BCUT2D eigenvalue weighted by Gasteiger charge is 2.20. The summed E-state index contributed by atoms with van der Waals surface area (Å²) >= 11 is 0. The van der Waals surface area contributed by atoms with Gasteiger partial charge in [0.2, 0.25) is 0 Å². The molecule has 0 atom stereocenters. The van der Waals surface area contributed by atoms with Gasteiger partial charge in [0.25, 0.3) is 0 Å². The van der Waals surface area contributed by atoms with Gasteiger partial charge in [-0.15, -0.1) is 0 Å². The van der Waals surface area contributed by atoms with Crippen LogP contribution in [0.2, 0.25) is 0 Å². The largest absolute Gasteiger partial charge is 0.455 e. The van der Waals surface area contributed by atoms with E-state index in [1.54, 1.807) is 0 Å². The minimum atomic E-state index is 0.565. The van der Waals surface area contributed by atoms with Gasteiger partial charge < -0.3 is 4.42 Å². The fraction of sp³-hybridized carbons (Fsp3) is 0. The lowest BCUT2D eigenvalue weighted by molar-refractivity contribution is 0.669. The molecule has 0 aliphatic rings. The molecule has 0 saturated carbocycles. The van der Waals surface area contributed by atoms with Crippen LogP contribution in [-0.4, -0.2) is 15.0 Å². The van der Waals surface area contributed by atoms with E-state index in [-0.39, 0.29) is 0 Å². The van der Waals surface area contributed by atoms with Crippen molar-refractivity contribution in [3.63, 3.8) is 0 Å². The fourth-order valence-electron chi connectivity index (χ4n) is 7.45. The molecule has 0 aliphatic heterocycles. The molecule has 10 rings (SSSR count). The summed E-state index contributed by atoms with van der Waals surface area (Å²) in [4.78, 5) is 15.4. The van der Waals surface area contributed by atoms with Crippen molar-refractivity contribution in [1.82, 2.24) is 15.0 Å². The van der Waals surface area contributed by atoms with Crippen molar-refractivity contribution in [1.29, 1.82) is 0 Å². The number of rotatable bonds is 6. The van der Waals surface area contributed by atoms with E-state index in [1.165, 1.54) is 27.8 Å². The van der Waals surface area contributed by atoms with Crippen molar-refractivity contribution in [3.8, 4) is 67.5 Å². The van der Waals surface area contributed by atoms with E-state index >= 15 is 0 Å². The molecule has 4 nitrogen and oxygen atoms in total.